The van der Waals surface area contributed by atoms with Crippen molar-refractivity contribution in [2.24, 2.45) is 5.41 Å². The second-order valence-electron chi connectivity index (χ2n) is 9.42. The molecule has 2 heterocycles. The molecule has 1 atom stereocenters. The van der Waals surface area contributed by atoms with Crippen LogP contribution in [0.25, 0.3) is 0 Å². The molecule has 0 bridgehead atoms. The molecule has 0 aromatic heterocycles. The minimum absolute atomic E-state index is 0.0224. The average molecular weight is 412 g/mol. The molecule has 3 aliphatic rings. The number of hydrogen-bond donors (Lipinski definition) is 1. The highest BCUT2D eigenvalue weighted by atomic mass is 16.2. The third-order valence-electron chi connectivity index (χ3n) is 7.37. The second-order valence-corrected chi connectivity index (χ2v) is 9.42. The van der Waals surface area contributed by atoms with Crippen LogP contribution in [0.5, 0.6) is 0 Å². The number of carbonyl (C=O) groups is 2. The van der Waals surface area contributed by atoms with Gasteiger partial charge in [0.25, 0.3) is 0 Å². The maximum absolute atomic E-state index is 13.2. The Bertz CT molecular complexity index is 706. The van der Waals surface area contributed by atoms with Gasteiger partial charge >= 0.3 is 0 Å². The molecule has 1 aromatic carbocycles. The van der Waals surface area contributed by atoms with E-state index in [-0.39, 0.29) is 29.8 Å². The topological polar surface area (TPSA) is 52.7 Å². The van der Waals surface area contributed by atoms with Gasteiger partial charge in [-0.25, -0.2) is 0 Å². The molecule has 30 heavy (non-hydrogen) atoms. The van der Waals surface area contributed by atoms with E-state index in [1.807, 2.05) is 23.1 Å². The molecule has 0 radical (unpaired) electrons. The molecule has 1 aromatic rings. The van der Waals surface area contributed by atoms with Crippen molar-refractivity contribution in [3.8, 4) is 0 Å². The molecular formula is C25H37N3O2. The fourth-order valence-electron chi connectivity index (χ4n) is 5.82. The maximum atomic E-state index is 13.2. The first-order valence-corrected chi connectivity index (χ1v) is 12.1. The van der Waals surface area contributed by atoms with Gasteiger partial charge in [-0.15, -0.1) is 0 Å². The molecule has 2 saturated heterocycles. The summed E-state index contributed by atoms with van der Waals surface area (Å²) in [6, 6.07) is 10.4. The van der Waals surface area contributed by atoms with Gasteiger partial charge in [-0.1, -0.05) is 62.4 Å². The lowest BCUT2D eigenvalue weighted by atomic mass is 9.60. The summed E-state index contributed by atoms with van der Waals surface area (Å²) in [4.78, 5) is 30.1. The summed E-state index contributed by atoms with van der Waals surface area (Å²) in [6.45, 7) is 4.31. The Balaban J connectivity index is 1.30. The van der Waals surface area contributed by atoms with Crippen molar-refractivity contribution in [2.75, 3.05) is 32.7 Å². The van der Waals surface area contributed by atoms with Gasteiger partial charge in [0.15, 0.2) is 0 Å². The summed E-state index contributed by atoms with van der Waals surface area (Å²) in [5, 5.41) is 3.06. The van der Waals surface area contributed by atoms with E-state index < -0.39 is 0 Å². The smallest absolute Gasteiger partial charge is 0.239 e. The number of β-lactam (4-membered cyclic amide) rings is 1. The van der Waals surface area contributed by atoms with Crippen LogP contribution in [-0.4, -0.2) is 54.3 Å². The Labute approximate surface area is 181 Å². The molecule has 5 nitrogen and oxygen atoms in total. The lowest BCUT2D eigenvalue weighted by molar-refractivity contribution is -0.180. The zero-order valence-electron chi connectivity index (χ0n) is 18.3. The summed E-state index contributed by atoms with van der Waals surface area (Å²) in [5.41, 5.74) is 0.903. The largest absolute Gasteiger partial charge is 0.355 e. The van der Waals surface area contributed by atoms with Crippen molar-refractivity contribution in [3.05, 3.63) is 35.9 Å². The molecule has 2 aliphatic heterocycles. The van der Waals surface area contributed by atoms with Crippen LogP contribution in [0.1, 0.15) is 75.8 Å². The van der Waals surface area contributed by atoms with Crippen LogP contribution >= 0.6 is 0 Å². The van der Waals surface area contributed by atoms with Crippen LogP contribution in [0.2, 0.25) is 0 Å². The highest BCUT2D eigenvalue weighted by Crippen LogP contribution is 2.57. The van der Waals surface area contributed by atoms with Gasteiger partial charge in [0, 0.05) is 6.54 Å². The van der Waals surface area contributed by atoms with Gasteiger partial charge in [-0.3, -0.25) is 9.59 Å². The van der Waals surface area contributed by atoms with Crippen molar-refractivity contribution in [1.29, 1.82) is 0 Å². The van der Waals surface area contributed by atoms with E-state index in [4.69, 9.17) is 0 Å². The number of hydrogen-bond acceptors (Lipinski definition) is 3. The molecular weight excluding hydrogens is 374 g/mol. The molecule has 1 aliphatic carbocycles. The van der Waals surface area contributed by atoms with Crippen molar-refractivity contribution in [3.63, 3.8) is 0 Å². The van der Waals surface area contributed by atoms with Gasteiger partial charge in [-0.05, 0) is 57.3 Å². The Kier molecular flexibility index (Phi) is 7.08. The third-order valence-corrected chi connectivity index (χ3v) is 7.37. The molecule has 4 rings (SSSR count). The first-order valence-electron chi connectivity index (χ1n) is 12.1. The maximum Gasteiger partial charge on any atom is 0.239 e. The summed E-state index contributed by atoms with van der Waals surface area (Å²) in [7, 11) is 0. The molecule has 1 N–H and O–H groups in total. The Hall–Kier alpha value is -1.88. The second kappa shape index (κ2) is 9.95. The van der Waals surface area contributed by atoms with Crippen molar-refractivity contribution < 1.29 is 9.59 Å². The fraction of sp³-hybridized carbons (Fsp3) is 0.680. The normalized spacial score (nSPS) is 24.3. The molecule has 1 spiro atoms. The summed E-state index contributed by atoms with van der Waals surface area (Å²) in [6.07, 6.45) is 11.6. The van der Waals surface area contributed by atoms with Gasteiger partial charge in [0.1, 0.15) is 6.54 Å². The first-order chi connectivity index (χ1) is 14.7. The quantitative estimate of drug-likeness (QED) is 0.547. The molecule has 1 unspecified atom stereocenters. The number of likely N-dealkylation sites (tertiary alicyclic amines) is 2. The van der Waals surface area contributed by atoms with E-state index in [0.717, 1.165) is 38.6 Å². The summed E-state index contributed by atoms with van der Waals surface area (Å²) < 4.78 is 0. The highest BCUT2D eigenvalue weighted by Gasteiger charge is 2.60. The fourth-order valence-corrected chi connectivity index (χ4v) is 5.82. The number of rotatable bonds is 7. The number of amides is 2. The minimum atomic E-state index is -0.271. The minimum Gasteiger partial charge on any atom is -0.355 e. The number of benzene rings is 1. The molecule has 5 heteroatoms. The zero-order chi connectivity index (χ0) is 20.8. The van der Waals surface area contributed by atoms with E-state index >= 15 is 0 Å². The van der Waals surface area contributed by atoms with Crippen molar-refractivity contribution >= 4 is 11.8 Å². The van der Waals surface area contributed by atoms with E-state index in [2.05, 4.69) is 22.3 Å². The molecule has 164 valence electrons. The van der Waals surface area contributed by atoms with E-state index in [0.29, 0.717) is 6.54 Å². The summed E-state index contributed by atoms with van der Waals surface area (Å²) >= 11 is 0. The van der Waals surface area contributed by atoms with Gasteiger partial charge in [0.2, 0.25) is 11.8 Å². The van der Waals surface area contributed by atoms with E-state index in [1.165, 1.54) is 50.8 Å². The van der Waals surface area contributed by atoms with Crippen molar-refractivity contribution in [1.82, 2.24) is 15.1 Å². The third kappa shape index (κ3) is 4.56. The lowest BCUT2D eigenvalue weighted by Crippen LogP contribution is -2.65. The lowest BCUT2D eigenvalue weighted by Gasteiger charge is -2.58. The summed E-state index contributed by atoms with van der Waals surface area (Å²) in [5.74, 6) is 0.168. The number of carbonyl (C=O) groups excluding carboxylic acids is 2. The monoisotopic (exact) mass is 411 g/mol. The standard InChI is InChI=1S/C25H37N3O2/c29-22(26-16-11-19-27-17-9-1-2-10-18-27)20-28-23(21-12-5-3-6-13-21)25(24(28)30)14-7-4-8-15-25/h3,5-6,12-13,23H,1-2,4,7-11,14-20H2,(H,26,29). The van der Waals surface area contributed by atoms with Crippen LogP contribution in [0.3, 0.4) is 0 Å². The Morgan fingerprint density at radius 2 is 1.63 bits per heavy atom. The van der Waals surface area contributed by atoms with Crippen LogP contribution in [-0.2, 0) is 9.59 Å². The van der Waals surface area contributed by atoms with Gasteiger partial charge in [-0.2, -0.15) is 0 Å². The van der Waals surface area contributed by atoms with Crippen LogP contribution in [0.4, 0.5) is 0 Å². The molecule has 1 saturated carbocycles. The highest BCUT2D eigenvalue weighted by molar-refractivity contribution is 5.94. The number of nitrogens with one attached hydrogen (secondary N) is 1. The van der Waals surface area contributed by atoms with E-state index in [1.54, 1.807) is 0 Å². The Morgan fingerprint density at radius 1 is 0.967 bits per heavy atom. The number of nitrogens with zero attached hydrogens (tertiary/aromatic N) is 2. The predicted molar refractivity (Wildman–Crippen MR) is 119 cm³/mol. The SMILES string of the molecule is O=C(CN1C(=O)C2(CCCCC2)C1c1ccccc1)NCCCN1CCCCCC1. The first kappa shape index (κ1) is 21.4. The van der Waals surface area contributed by atoms with Crippen LogP contribution in [0, 0.1) is 5.41 Å². The van der Waals surface area contributed by atoms with Crippen molar-refractivity contribution in [2.45, 2.75) is 70.3 Å². The van der Waals surface area contributed by atoms with E-state index in [9.17, 15) is 9.59 Å². The predicted octanol–water partition coefficient (Wildman–Crippen LogP) is 3.90. The zero-order valence-corrected chi connectivity index (χ0v) is 18.3. The van der Waals surface area contributed by atoms with Crippen LogP contribution < -0.4 is 5.32 Å². The van der Waals surface area contributed by atoms with Gasteiger partial charge in [0.05, 0.1) is 11.5 Å². The van der Waals surface area contributed by atoms with Gasteiger partial charge < -0.3 is 15.1 Å². The Morgan fingerprint density at radius 3 is 2.33 bits per heavy atom. The average Bonchev–Trinajstić information content (AvgIpc) is 3.06. The van der Waals surface area contributed by atoms with Crippen LogP contribution in [0.15, 0.2) is 30.3 Å². The molecule has 3 fully saturated rings. The molecule has 2 amide bonds.